The third kappa shape index (κ3) is 3.51. The lowest BCUT2D eigenvalue weighted by atomic mass is 9.85. The monoisotopic (exact) mass is 367 g/mol. The molecule has 2 fully saturated rings. The highest BCUT2D eigenvalue weighted by Gasteiger charge is 2.41. The SMILES string of the molecule is CN1CCC2(CC1)CN(C(=O)c1cn[nH]c1-c1ccccc1)CCCN2C. The van der Waals surface area contributed by atoms with E-state index in [0.717, 1.165) is 63.2 Å². The molecule has 1 N–H and O–H groups in total. The summed E-state index contributed by atoms with van der Waals surface area (Å²) in [6.07, 6.45) is 4.92. The van der Waals surface area contributed by atoms with Crippen LogP contribution in [-0.2, 0) is 0 Å². The Labute approximate surface area is 161 Å². The molecule has 1 aromatic heterocycles. The number of aromatic amines is 1. The summed E-state index contributed by atoms with van der Waals surface area (Å²) in [5, 5.41) is 7.21. The lowest BCUT2D eigenvalue weighted by Crippen LogP contribution is -2.58. The summed E-state index contributed by atoms with van der Waals surface area (Å²) in [6, 6.07) is 9.98. The molecule has 4 rings (SSSR count). The molecule has 0 aliphatic carbocycles. The first-order valence-electron chi connectivity index (χ1n) is 9.87. The van der Waals surface area contributed by atoms with Crippen molar-refractivity contribution in [1.29, 1.82) is 0 Å². The van der Waals surface area contributed by atoms with Crippen LogP contribution in [0.25, 0.3) is 11.3 Å². The molecule has 0 unspecified atom stereocenters. The van der Waals surface area contributed by atoms with Crippen LogP contribution in [-0.4, -0.2) is 83.2 Å². The van der Waals surface area contributed by atoms with Crippen LogP contribution < -0.4 is 0 Å². The molecular weight excluding hydrogens is 338 g/mol. The van der Waals surface area contributed by atoms with E-state index in [2.05, 4.69) is 39.0 Å². The minimum Gasteiger partial charge on any atom is -0.337 e. The van der Waals surface area contributed by atoms with Crippen molar-refractivity contribution in [3.63, 3.8) is 0 Å². The third-order valence-corrected chi connectivity index (χ3v) is 6.35. The van der Waals surface area contributed by atoms with Crippen molar-refractivity contribution in [3.05, 3.63) is 42.1 Å². The van der Waals surface area contributed by atoms with Gasteiger partial charge in [0, 0.05) is 30.7 Å². The molecule has 2 aromatic rings. The molecule has 0 radical (unpaired) electrons. The molecule has 1 spiro atoms. The Morgan fingerprint density at radius 2 is 1.81 bits per heavy atom. The van der Waals surface area contributed by atoms with E-state index in [1.165, 1.54) is 0 Å². The Balaban J connectivity index is 1.60. The van der Waals surface area contributed by atoms with Gasteiger partial charge in [-0.25, -0.2) is 0 Å². The Morgan fingerprint density at radius 3 is 2.56 bits per heavy atom. The van der Waals surface area contributed by atoms with Crippen molar-refractivity contribution in [3.8, 4) is 11.3 Å². The predicted octanol–water partition coefficient (Wildman–Crippen LogP) is 2.32. The lowest BCUT2D eigenvalue weighted by Gasteiger charge is -2.47. The molecule has 0 saturated carbocycles. The van der Waals surface area contributed by atoms with Gasteiger partial charge in [-0.05, 0) is 46.4 Å². The number of benzene rings is 1. The molecule has 2 aliphatic rings. The number of hydrogen-bond acceptors (Lipinski definition) is 4. The van der Waals surface area contributed by atoms with Crippen LogP contribution in [0.15, 0.2) is 36.5 Å². The number of nitrogens with zero attached hydrogens (tertiary/aromatic N) is 4. The van der Waals surface area contributed by atoms with Crippen molar-refractivity contribution in [2.24, 2.45) is 0 Å². The van der Waals surface area contributed by atoms with E-state index in [1.54, 1.807) is 6.20 Å². The van der Waals surface area contributed by atoms with Gasteiger partial charge in [-0.2, -0.15) is 5.10 Å². The number of H-pyrrole nitrogens is 1. The van der Waals surface area contributed by atoms with Gasteiger partial charge in [0.1, 0.15) is 0 Å². The summed E-state index contributed by atoms with van der Waals surface area (Å²) in [6.45, 7) is 4.83. The quantitative estimate of drug-likeness (QED) is 0.885. The summed E-state index contributed by atoms with van der Waals surface area (Å²) in [4.78, 5) is 20.4. The third-order valence-electron chi connectivity index (χ3n) is 6.35. The maximum Gasteiger partial charge on any atom is 0.257 e. The number of likely N-dealkylation sites (N-methyl/N-ethyl adjacent to an activating group) is 1. The molecule has 2 aliphatic heterocycles. The Hall–Kier alpha value is -2.18. The zero-order chi connectivity index (χ0) is 18.9. The molecule has 2 saturated heterocycles. The molecule has 0 bridgehead atoms. The van der Waals surface area contributed by atoms with Gasteiger partial charge in [0.05, 0.1) is 17.5 Å². The standard InChI is InChI=1S/C21H29N5O/c1-24-13-9-21(10-14-24)16-26(12-6-11-25(21)2)20(27)18-15-22-23-19(18)17-7-4-3-5-8-17/h3-5,7-8,15H,6,9-14,16H2,1-2H3,(H,22,23). The fraction of sp³-hybridized carbons (Fsp3) is 0.524. The average molecular weight is 367 g/mol. The van der Waals surface area contributed by atoms with Crippen molar-refractivity contribution in [2.75, 3.05) is 46.8 Å². The fourth-order valence-corrected chi connectivity index (χ4v) is 4.48. The van der Waals surface area contributed by atoms with E-state index in [9.17, 15) is 4.79 Å². The van der Waals surface area contributed by atoms with Gasteiger partial charge in [-0.15, -0.1) is 0 Å². The normalized spacial score (nSPS) is 21.3. The van der Waals surface area contributed by atoms with E-state index in [0.29, 0.717) is 5.56 Å². The Morgan fingerprint density at radius 1 is 1.07 bits per heavy atom. The summed E-state index contributed by atoms with van der Waals surface area (Å²) in [7, 11) is 4.41. The van der Waals surface area contributed by atoms with E-state index in [-0.39, 0.29) is 11.4 Å². The number of carbonyl (C=O) groups excluding carboxylic acids is 1. The topological polar surface area (TPSA) is 55.5 Å². The van der Waals surface area contributed by atoms with Crippen molar-refractivity contribution in [1.82, 2.24) is 24.9 Å². The van der Waals surface area contributed by atoms with Crippen LogP contribution in [0.4, 0.5) is 0 Å². The minimum atomic E-state index is 0.0926. The van der Waals surface area contributed by atoms with Crippen molar-refractivity contribution < 1.29 is 4.79 Å². The van der Waals surface area contributed by atoms with Crippen molar-refractivity contribution >= 4 is 5.91 Å². The van der Waals surface area contributed by atoms with Gasteiger partial charge in [0.25, 0.3) is 5.91 Å². The number of carbonyl (C=O) groups is 1. The van der Waals surface area contributed by atoms with E-state index in [4.69, 9.17) is 0 Å². The maximum absolute atomic E-state index is 13.4. The minimum absolute atomic E-state index is 0.0926. The summed E-state index contributed by atoms with van der Waals surface area (Å²) in [5.74, 6) is 0.0937. The zero-order valence-corrected chi connectivity index (χ0v) is 16.3. The van der Waals surface area contributed by atoms with Gasteiger partial charge in [0.15, 0.2) is 0 Å². The number of piperidine rings is 1. The van der Waals surface area contributed by atoms with E-state index in [1.807, 2.05) is 30.3 Å². The van der Waals surface area contributed by atoms with E-state index < -0.39 is 0 Å². The van der Waals surface area contributed by atoms with Crippen LogP contribution in [0, 0.1) is 0 Å². The molecule has 0 atom stereocenters. The fourth-order valence-electron chi connectivity index (χ4n) is 4.48. The van der Waals surface area contributed by atoms with Crippen LogP contribution in [0.5, 0.6) is 0 Å². The van der Waals surface area contributed by atoms with Crippen LogP contribution in [0.1, 0.15) is 29.6 Å². The first kappa shape index (κ1) is 18.2. The molecular formula is C21H29N5O. The first-order chi connectivity index (χ1) is 13.1. The maximum atomic E-state index is 13.4. The summed E-state index contributed by atoms with van der Waals surface area (Å²) >= 11 is 0. The largest absolute Gasteiger partial charge is 0.337 e. The highest BCUT2D eigenvalue weighted by Crippen LogP contribution is 2.32. The number of hydrogen-bond donors (Lipinski definition) is 1. The van der Waals surface area contributed by atoms with Crippen LogP contribution in [0.2, 0.25) is 0 Å². The van der Waals surface area contributed by atoms with Gasteiger partial charge in [-0.3, -0.25) is 14.8 Å². The summed E-state index contributed by atoms with van der Waals surface area (Å²) < 4.78 is 0. The van der Waals surface area contributed by atoms with Gasteiger partial charge in [0.2, 0.25) is 0 Å². The van der Waals surface area contributed by atoms with Gasteiger partial charge in [-0.1, -0.05) is 30.3 Å². The first-order valence-corrected chi connectivity index (χ1v) is 9.87. The molecule has 1 aromatic carbocycles. The second kappa shape index (κ2) is 7.44. The van der Waals surface area contributed by atoms with Crippen molar-refractivity contribution in [2.45, 2.75) is 24.8 Å². The Bertz CT molecular complexity index is 779. The smallest absolute Gasteiger partial charge is 0.257 e. The zero-order valence-electron chi connectivity index (χ0n) is 16.3. The highest BCUT2D eigenvalue weighted by molar-refractivity contribution is 5.99. The molecule has 6 heteroatoms. The molecule has 6 nitrogen and oxygen atoms in total. The second-order valence-electron chi connectivity index (χ2n) is 8.05. The second-order valence-corrected chi connectivity index (χ2v) is 8.05. The number of rotatable bonds is 2. The van der Waals surface area contributed by atoms with Gasteiger partial charge < -0.3 is 9.80 Å². The summed E-state index contributed by atoms with van der Waals surface area (Å²) in [5.41, 5.74) is 2.58. The number of amides is 1. The molecule has 27 heavy (non-hydrogen) atoms. The average Bonchev–Trinajstić information content (AvgIpc) is 3.13. The number of likely N-dealkylation sites (tertiary alicyclic amines) is 1. The molecule has 1 amide bonds. The van der Waals surface area contributed by atoms with Crippen LogP contribution >= 0.6 is 0 Å². The highest BCUT2D eigenvalue weighted by atomic mass is 16.2. The number of aromatic nitrogens is 2. The lowest BCUT2D eigenvalue weighted by molar-refractivity contribution is 0.0317. The van der Waals surface area contributed by atoms with Gasteiger partial charge >= 0.3 is 0 Å². The number of nitrogens with one attached hydrogen (secondary N) is 1. The van der Waals surface area contributed by atoms with E-state index >= 15 is 0 Å². The Kier molecular flexibility index (Phi) is 5.02. The predicted molar refractivity (Wildman–Crippen MR) is 107 cm³/mol. The molecule has 144 valence electrons. The van der Waals surface area contributed by atoms with Crippen LogP contribution in [0.3, 0.4) is 0 Å². The molecule has 3 heterocycles.